The van der Waals surface area contributed by atoms with E-state index in [0.717, 1.165) is 29.9 Å². The standard InChI is InChI=1S/C20H21BrN6O/c1-15-9-12-25(19-8-4-7-18(21)24-19)13-14-26(15)20(28)16-5-2-3-6-17(16)27-22-10-11-23-27/h2-8,10-11,15H,9,12-14H2,1H3/t15-/m1/s1. The Bertz CT molecular complexity index is 961. The molecular weight excluding hydrogens is 420 g/mol. The first-order valence-corrected chi connectivity index (χ1v) is 10.1. The maximum Gasteiger partial charge on any atom is 0.256 e. The fourth-order valence-corrected chi connectivity index (χ4v) is 3.82. The Morgan fingerprint density at radius 1 is 1.04 bits per heavy atom. The normalized spacial score (nSPS) is 17.4. The van der Waals surface area contributed by atoms with Gasteiger partial charge in [-0.3, -0.25) is 4.79 Å². The first-order chi connectivity index (χ1) is 13.6. The van der Waals surface area contributed by atoms with E-state index in [-0.39, 0.29) is 11.9 Å². The average Bonchev–Trinajstić information content (AvgIpc) is 3.17. The van der Waals surface area contributed by atoms with Gasteiger partial charge in [-0.15, -0.1) is 0 Å². The quantitative estimate of drug-likeness (QED) is 0.585. The lowest BCUT2D eigenvalue weighted by Crippen LogP contribution is -2.40. The Morgan fingerprint density at radius 3 is 2.61 bits per heavy atom. The number of amides is 1. The third kappa shape index (κ3) is 3.77. The summed E-state index contributed by atoms with van der Waals surface area (Å²) in [7, 11) is 0. The summed E-state index contributed by atoms with van der Waals surface area (Å²) in [6.45, 7) is 4.33. The summed E-state index contributed by atoms with van der Waals surface area (Å²) < 4.78 is 0.816. The van der Waals surface area contributed by atoms with Gasteiger partial charge in [0.2, 0.25) is 0 Å². The zero-order valence-electron chi connectivity index (χ0n) is 15.6. The van der Waals surface area contributed by atoms with Crippen LogP contribution in [0.1, 0.15) is 23.7 Å². The molecular formula is C20H21BrN6O. The van der Waals surface area contributed by atoms with E-state index in [1.165, 1.54) is 4.80 Å². The molecule has 3 heterocycles. The zero-order chi connectivity index (χ0) is 19.5. The van der Waals surface area contributed by atoms with Crippen LogP contribution in [0.2, 0.25) is 0 Å². The molecule has 0 radical (unpaired) electrons. The Balaban J connectivity index is 1.57. The number of anilines is 1. The lowest BCUT2D eigenvalue weighted by atomic mass is 10.1. The van der Waals surface area contributed by atoms with Gasteiger partial charge >= 0.3 is 0 Å². The number of hydrogen-bond acceptors (Lipinski definition) is 5. The van der Waals surface area contributed by atoms with Gasteiger partial charge in [-0.25, -0.2) is 4.98 Å². The molecule has 1 saturated heterocycles. The number of hydrogen-bond donors (Lipinski definition) is 0. The van der Waals surface area contributed by atoms with E-state index in [1.807, 2.05) is 47.4 Å². The number of rotatable bonds is 3. The number of benzene rings is 1. The van der Waals surface area contributed by atoms with Gasteiger partial charge in [-0.2, -0.15) is 15.0 Å². The molecule has 8 heteroatoms. The summed E-state index contributed by atoms with van der Waals surface area (Å²) in [5.41, 5.74) is 1.30. The van der Waals surface area contributed by atoms with Gasteiger partial charge in [0.05, 0.1) is 23.6 Å². The largest absolute Gasteiger partial charge is 0.355 e. The summed E-state index contributed by atoms with van der Waals surface area (Å²) in [5.74, 6) is 0.932. The van der Waals surface area contributed by atoms with Crippen molar-refractivity contribution in [3.05, 3.63) is 65.0 Å². The van der Waals surface area contributed by atoms with Crippen LogP contribution in [-0.4, -0.2) is 56.5 Å². The molecule has 3 aromatic rings. The average molecular weight is 441 g/mol. The van der Waals surface area contributed by atoms with Crippen LogP contribution in [0.15, 0.2) is 59.5 Å². The van der Waals surface area contributed by atoms with E-state index >= 15 is 0 Å². The maximum absolute atomic E-state index is 13.4. The van der Waals surface area contributed by atoms with Crippen LogP contribution in [0.4, 0.5) is 5.82 Å². The second kappa shape index (κ2) is 8.10. The second-order valence-corrected chi connectivity index (χ2v) is 7.59. The van der Waals surface area contributed by atoms with Crippen LogP contribution in [0.25, 0.3) is 5.69 Å². The first-order valence-electron chi connectivity index (χ1n) is 9.27. The molecule has 0 bridgehead atoms. The molecule has 1 atom stereocenters. The summed E-state index contributed by atoms with van der Waals surface area (Å²) in [5, 5.41) is 8.37. The third-order valence-corrected chi connectivity index (χ3v) is 5.46. The van der Waals surface area contributed by atoms with Crippen molar-refractivity contribution >= 4 is 27.7 Å². The molecule has 0 unspecified atom stereocenters. The highest BCUT2D eigenvalue weighted by atomic mass is 79.9. The van der Waals surface area contributed by atoms with Gasteiger partial charge < -0.3 is 9.80 Å². The molecule has 1 aliphatic heterocycles. The minimum absolute atomic E-state index is 0.00412. The molecule has 7 nitrogen and oxygen atoms in total. The van der Waals surface area contributed by atoms with Crippen molar-refractivity contribution in [3.8, 4) is 5.69 Å². The minimum Gasteiger partial charge on any atom is -0.355 e. The van der Waals surface area contributed by atoms with Crippen molar-refractivity contribution in [2.24, 2.45) is 0 Å². The van der Waals surface area contributed by atoms with Crippen LogP contribution < -0.4 is 4.90 Å². The van der Waals surface area contributed by atoms with Crippen molar-refractivity contribution in [3.63, 3.8) is 0 Å². The molecule has 0 aliphatic carbocycles. The van der Waals surface area contributed by atoms with Crippen LogP contribution in [0.3, 0.4) is 0 Å². The van der Waals surface area contributed by atoms with Gasteiger partial charge in [0.1, 0.15) is 10.4 Å². The fraction of sp³-hybridized carbons (Fsp3) is 0.300. The lowest BCUT2D eigenvalue weighted by Gasteiger charge is -2.27. The van der Waals surface area contributed by atoms with Gasteiger partial charge in [0.15, 0.2) is 0 Å². The summed E-state index contributed by atoms with van der Waals surface area (Å²) in [6, 6.07) is 13.5. The Morgan fingerprint density at radius 2 is 1.82 bits per heavy atom. The van der Waals surface area contributed by atoms with E-state index < -0.39 is 0 Å². The highest BCUT2D eigenvalue weighted by molar-refractivity contribution is 9.10. The Labute approximate surface area is 172 Å². The number of halogens is 1. The molecule has 0 spiro atoms. The van der Waals surface area contributed by atoms with Crippen molar-refractivity contribution in [1.82, 2.24) is 24.9 Å². The van der Waals surface area contributed by atoms with Gasteiger partial charge in [0, 0.05) is 25.7 Å². The number of pyridine rings is 1. The second-order valence-electron chi connectivity index (χ2n) is 6.78. The van der Waals surface area contributed by atoms with Crippen LogP contribution >= 0.6 is 15.9 Å². The molecule has 1 aliphatic rings. The minimum atomic E-state index is 0.00412. The molecule has 0 N–H and O–H groups in total. The monoisotopic (exact) mass is 440 g/mol. The van der Waals surface area contributed by atoms with Crippen LogP contribution in [-0.2, 0) is 0 Å². The third-order valence-electron chi connectivity index (χ3n) is 5.01. The van der Waals surface area contributed by atoms with Gasteiger partial charge in [0.25, 0.3) is 5.91 Å². The topological polar surface area (TPSA) is 67.2 Å². The van der Waals surface area contributed by atoms with Gasteiger partial charge in [-0.1, -0.05) is 18.2 Å². The molecule has 144 valence electrons. The summed E-state index contributed by atoms with van der Waals surface area (Å²) >= 11 is 3.44. The van der Waals surface area contributed by atoms with E-state index in [0.29, 0.717) is 17.8 Å². The van der Waals surface area contributed by atoms with E-state index in [4.69, 9.17) is 0 Å². The van der Waals surface area contributed by atoms with Crippen molar-refractivity contribution in [2.75, 3.05) is 24.5 Å². The zero-order valence-corrected chi connectivity index (χ0v) is 17.2. The molecule has 4 rings (SSSR count). The molecule has 2 aromatic heterocycles. The number of aromatic nitrogens is 4. The van der Waals surface area contributed by atoms with Crippen molar-refractivity contribution in [1.29, 1.82) is 0 Å². The molecule has 0 saturated carbocycles. The molecule has 1 aromatic carbocycles. The van der Waals surface area contributed by atoms with Crippen molar-refractivity contribution in [2.45, 2.75) is 19.4 Å². The highest BCUT2D eigenvalue weighted by Gasteiger charge is 2.28. The Hall–Kier alpha value is -2.74. The fourth-order valence-electron chi connectivity index (χ4n) is 3.49. The van der Waals surface area contributed by atoms with E-state index in [9.17, 15) is 4.79 Å². The van der Waals surface area contributed by atoms with E-state index in [1.54, 1.807) is 12.4 Å². The molecule has 1 fully saturated rings. The lowest BCUT2D eigenvalue weighted by molar-refractivity contribution is 0.0705. The van der Waals surface area contributed by atoms with Crippen LogP contribution in [0, 0.1) is 0 Å². The van der Waals surface area contributed by atoms with E-state index in [2.05, 4.69) is 42.9 Å². The summed E-state index contributed by atoms with van der Waals surface area (Å²) in [6.07, 6.45) is 4.10. The highest BCUT2D eigenvalue weighted by Crippen LogP contribution is 2.22. The SMILES string of the molecule is C[C@@H]1CCN(c2cccc(Br)n2)CCN1C(=O)c1ccccc1-n1nccn1. The smallest absolute Gasteiger partial charge is 0.256 e. The summed E-state index contributed by atoms with van der Waals surface area (Å²) in [4.78, 5) is 23.6. The predicted octanol–water partition coefficient (Wildman–Crippen LogP) is 3.17. The number of nitrogens with zero attached hydrogens (tertiary/aromatic N) is 6. The van der Waals surface area contributed by atoms with Crippen LogP contribution in [0.5, 0.6) is 0 Å². The first kappa shape index (κ1) is 18.6. The number of carbonyl (C=O) groups excluding carboxylic acids is 1. The number of para-hydroxylation sites is 1. The Kier molecular flexibility index (Phi) is 5.38. The molecule has 28 heavy (non-hydrogen) atoms. The predicted molar refractivity (Wildman–Crippen MR) is 111 cm³/mol. The number of carbonyl (C=O) groups is 1. The maximum atomic E-state index is 13.4. The molecule has 1 amide bonds. The van der Waals surface area contributed by atoms with Crippen molar-refractivity contribution < 1.29 is 4.79 Å². The van der Waals surface area contributed by atoms with Gasteiger partial charge in [-0.05, 0) is 53.5 Å².